The zero-order valence-electron chi connectivity index (χ0n) is 36.0. The molecule has 0 aliphatic carbocycles. The average molecular weight is 633 g/mol. The van der Waals surface area contributed by atoms with Gasteiger partial charge in [0.05, 0.1) is 13.7 Å². The third-order valence-corrected chi connectivity index (χ3v) is 9.40. The Bertz CT molecular complexity index is 3350. The predicted molar refractivity (Wildman–Crippen MR) is 208 cm³/mol. The fourth-order valence-electron chi connectivity index (χ4n) is 7.27. The summed E-state index contributed by atoms with van der Waals surface area (Å²) in [5, 5.41) is 7.49. The van der Waals surface area contributed by atoms with Gasteiger partial charge in [0, 0.05) is 10.8 Å². The summed E-state index contributed by atoms with van der Waals surface area (Å²) in [7, 11) is 0. The Morgan fingerprint density at radius 3 is 1.53 bits per heavy atom. The van der Waals surface area contributed by atoms with Crippen LogP contribution in [0, 0.1) is 0 Å². The number of hydrogen-bond donors (Lipinski definition) is 0. The second kappa shape index (κ2) is 11.1. The van der Waals surface area contributed by atoms with Gasteiger partial charge in [0.15, 0.2) is 0 Å². The van der Waals surface area contributed by atoms with Crippen LogP contribution in [0.3, 0.4) is 0 Å². The number of fused-ring (bicyclic) bond motifs is 6. The number of hydrogen-bond acceptors (Lipinski definition) is 1. The van der Waals surface area contributed by atoms with Gasteiger partial charge in [0.1, 0.15) is 11.2 Å². The van der Waals surface area contributed by atoms with Gasteiger partial charge in [-0.05, 0) is 107 Å². The quantitative estimate of drug-likeness (QED) is 0.176. The van der Waals surface area contributed by atoms with Gasteiger partial charge in [0.2, 0.25) is 0 Å². The molecule has 9 aromatic carbocycles. The molecule has 0 aliphatic rings. The normalized spacial score (nSPS) is 14.5. The van der Waals surface area contributed by atoms with E-state index in [2.05, 4.69) is 42.5 Å². The lowest BCUT2D eigenvalue weighted by atomic mass is 9.84. The topological polar surface area (TPSA) is 13.1 Å². The number of rotatable bonds is 4. The lowest BCUT2D eigenvalue weighted by molar-refractivity contribution is 0.669. The molecule has 0 atom stereocenters. The highest BCUT2D eigenvalue weighted by Crippen LogP contribution is 2.47. The Morgan fingerprint density at radius 2 is 0.898 bits per heavy atom. The molecule has 1 nitrogen and oxygen atoms in total. The highest BCUT2D eigenvalue weighted by Gasteiger charge is 2.20. The van der Waals surface area contributed by atoms with Crippen molar-refractivity contribution in [2.24, 2.45) is 0 Å². The fraction of sp³-hybridized carbons (Fsp3) is 0. The van der Waals surface area contributed by atoms with Gasteiger partial charge < -0.3 is 4.42 Å². The molecule has 49 heavy (non-hydrogen) atoms. The molecule has 0 fully saturated rings. The zero-order valence-corrected chi connectivity index (χ0v) is 26.0. The van der Waals surface area contributed by atoms with Crippen LogP contribution in [0.15, 0.2) is 186 Å². The van der Waals surface area contributed by atoms with E-state index in [4.69, 9.17) is 18.1 Å². The van der Waals surface area contributed by atoms with Gasteiger partial charge in [-0.25, -0.2) is 0 Å². The molecule has 0 N–H and O–H groups in total. The van der Waals surface area contributed by atoms with Gasteiger partial charge in [-0.15, -0.1) is 0 Å². The van der Waals surface area contributed by atoms with Crippen molar-refractivity contribution in [2.45, 2.75) is 0 Å². The molecule has 1 heterocycles. The first-order valence-corrected chi connectivity index (χ1v) is 16.0. The van der Waals surface area contributed by atoms with Gasteiger partial charge in [-0.2, -0.15) is 0 Å². The second-order valence-corrected chi connectivity index (χ2v) is 12.1. The van der Waals surface area contributed by atoms with Crippen LogP contribution in [0.5, 0.6) is 0 Å². The molecule has 0 amide bonds. The molecular formula is C48H30O. The first kappa shape index (κ1) is 19.4. The largest absolute Gasteiger partial charge is 0.456 e. The molecule has 228 valence electrons. The van der Waals surface area contributed by atoms with Crippen molar-refractivity contribution in [2.75, 3.05) is 0 Å². The van der Waals surface area contributed by atoms with Crippen LogP contribution in [0.2, 0.25) is 0 Å². The van der Waals surface area contributed by atoms with Crippen LogP contribution in [0.1, 0.15) is 13.7 Å². The predicted octanol–water partition coefficient (Wildman–Crippen LogP) is 13.7. The van der Waals surface area contributed by atoms with Crippen molar-refractivity contribution in [1.29, 1.82) is 0 Å². The van der Waals surface area contributed by atoms with E-state index in [1.54, 1.807) is 18.2 Å². The summed E-state index contributed by atoms with van der Waals surface area (Å²) in [6.45, 7) is 0. The third-order valence-electron chi connectivity index (χ3n) is 9.40. The molecule has 10 rings (SSSR count). The number of furan rings is 1. The highest BCUT2D eigenvalue weighted by molar-refractivity contribution is 6.26. The highest BCUT2D eigenvalue weighted by atomic mass is 16.3. The molecule has 1 heteroatoms. The molecule has 0 radical (unpaired) electrons. The summed E-state index contributed by atoms with van der Waals surface area (Å²) in [5.41, 5.74) is 6.57. The molecule has 0 spiro atoms. The van der Waals surface area contributed by atoms with E-state index >= 15 is 0 Å². The monoisotopic (exact) mass is 632 g/mol. The van der Waals surface area contributed by atoms with Crippen molar-refractivity contribution >= 4 is 54.3 Å². The van der Waals surface area contributed by atoms with E-state index in [-0.39, 0.29) is 59.5 Å². The molecule has 10 aromatic rings. The van der Waals surface area contributed by atoms with Crippen molar-refractivity contribution in [1.82, 2.24) is 0 Å². The standard InChI is InChI=1S/C48H30O/c1-3-12-31(13-4-1)33-22-23-35-29-37(25-24-34(35)28-33)46-38-16-7-9-18-40(38)47(41-19-10-8-17-39(41)46)42-20-11-21-45-48(42)43-30-36(26-27-44(43)49-45)32-14-5-2-6-15-32/h1-30H/i1D,2D,3D,4D,5D,6D,12D,13D,14D,15D. The van der Waals surface area contributed by atoms with Crippen LogP contribution in [-0.2, 0) is 0 Å². The van der Waals surface area contributed by atoms with Crippen molar-refractivity contribution < 1.29 is 18.1 Å². The van der Waals surface area contributed by atoms with E-state index < -0.39 is 12.1 Å². The second-order valence-electron chi connectivity index (χ2n) is 12.1. The lowest BCUT2D eigenvalue weighted by Gasteiger charge is -2.18. The minimum Gasteiger partial charge on any atom is -0.456 e. The van der Waals surface area contributed by atoms with Crippen LogP contribution in [0.4, 0.5) is 0 Å². The molecule has 0 saturated heterocycles. The molecule has 0 bridgehead atoms. The molecule has 0 saturated carbocycles. The molecule has 1 aromatic heterocycles. The number of benzene rings is 9. The van der Waals surface area contributed by atoms with Crippen LogP contribution in [-0.4, -0.2) is 0 Å². The maximum atomic E-state index is 8.65. The van der Waals surface area contributed by atoms with Gasteiger partial charge >= 0.3 is 0 Å². The van der Waals surface area contributed by atoms with E-state index in [0.717, 1.165) is 65.3 Å². The van der Waals surface area contributed by atoms with Crippen molar-refractivity contribution in [3.63, 3.8) is 0 Å². The van der Waals surface area contributed by atoms with Gasteiger partial charge in [-0.1, -0.05) is 151 Å². The van der Waals surface area contributed by atoms with E-state index in [0.29, 0.717) is 22.3 Å². The Labute approximate surface area is 298 Å². The SMILES string of the molecule is [2H]c1c([2H])c([2H])c(-c2ccc3cc(-c4c5ccccc5c(-c5cccc6oc7ccc(-c8c([2H])c([2H])c([2H])c([2H])c8[2H])cc7c56)c5ccccc45)ccc3c2)c([2H])c1[2H]. The lowest BCUT2D eigenvalue weighted by Crippen LogP contribution is -1.91. The first-order valence-electron chi connectivity index (χ1n) is 21.0. The fourth-order valence-corrected chi connectivity index (χ4v) is 7.27. The third kappa shape index (κ3) is 4.47. The maximum absolute atomic E-state index is 8.65. The van der Waals surface area contributed by atoms with E-state index in [1.165, 1.54) is 0 Å². The van der Waals surface area contributed by atoms with Crippen LogP contribution >= 0.6 is 0 Å². The van der Waals surface area contributed by atoms with Crippen molar-refractivity contribution in [3.8, 4) is 44.5 Å². The summed E-state index contributed by atoms with van der Waals surface area (Å²) < 4.78 is 89.8. The Hall–Kier alpha value is -6.44. The smallest absolute Gasteiger partial charge is 0.136 e. The summed E-state index contributed by atoms with van der Waals surface area (Å²) in [4.78, 5) is 0. The van der Waals surface area contributed by atoms with Crippen LogP contribution in [0.25, 0.3) is 98.8 Å². The summed E-state index contributed by atoms with van der Waals surface area (Å²) in [5.74, 6) is 0. The molecule has 0 aliphatic heterocycles. The van der Waals surface area contributed by atoms with Gasteiger partial charge in [-0.3, -0.25) is 0 Å². The molecule has 0 unspecified atom stereocenters. The van der Waals surface area contributed by atoms with Gasteiger partial charge in [0.25, 0.3) is 0 Å². The molecular weight excluding hydrogens is 593 g/mol. The summed E-state index contributed by atoms with van der Waals surface area (Å²) in [6, 6.07) is 36.3. The minimum absolute atomic E-state index is 0.130. The van der Waals surface area contributed by atoms with E-state index in [9.17, 15) is 0 Å². The van der Waals surface area contributed by atoms with E-state index in [1.807, 2.05) is 60.7 Å². The summed E-state index contributed by atoms with van der Waals surface area (Å²) >= 11 is 0. The maximum Gasteiger partial charge on any atom is 0.136 e. The zero-order chi connectivity index (χ0) is 41.0. The van der Waals surface area contributed by atoms with Crippen LogP contribution < -0.4 is 0 Å². The summed E-state index contributed by atoms with van der Waals surface area (Å²) in [6.07, 6.45) is 0. The Kier molecular flexibility index (Phi) is 4.39. The first-order chi connectivity index (χ1) is 28.4. The average Bonchev–Trinajstić information content (AvgIpc) is 3.64. The van der Waals surface area contributed by atoms with Crippen molar-refractivity contribution in [3.05, 3.63) is 182 Å². The minimum atomic E-state index is -0.437. The Balaban J connectivity index is 1.19. The Morgan fingerprint density at radius 1 is 0.367 bits per heavy atom.